The molecular formula is C23H19NO4. The molecule has 5 nitrogen and oxygen atoms in total. The highest BCUT2D eigenvalue weighted by molar-refractivity contribution is 6.00. The number of hydrogen-bond acceptors (Lipinski definition) is 5. The molecule has 5 heteroatoms. The summed E-state index contributed by atoms with van der Waals surface area (Å²) in [6.45, 7) is 4.02. The van der Waals surface area contributed by atoms with Gasteiger partial charge in [-0.3, -0.25) is 4.79 Å². The Hall–Kier alpha value is -3.47. The van der Waals surface area contributed by atoms with Gasteiger partial charge in [0, 0.05) is 5.56 Å². The quantitative estimate of drug-likeness (QED) is 0.381. The topological polar surface area (TPSA) is 69.4 Å². The largest absolute Gasteiger partial charge is 0.462 e. The third kappa shape index (κ3) is 3.05. The minimum Gasteiger partial charge on any atom is -0.462 e. The van der Waals surface area contributed by atoms with Crippen LogP contribution in [-0.2, 0) is 11.2 Å². The molecule has 0 amide bonds. The molecule has 0 saturated carbocycles. The number of nitrogens with zero attached hydrogens (tertiary/aromatic N) is 1. The van der Waals surface area contributed by atoms with Gasteiger partial charge in [-0.2, -0.15) is 0 Å². The predicted molar refractivity (Wildman–Crippen MR) is 109 cm³/mol. The summed E-state index contributed by atoms with van der Waals surface area (Å²) in [7, 11) is 0. The van der Waals surface area contributed by atoms with Crippen molar-refractivity contribution in [3.8, 4) is 11.3 Å². The monoisotopic (exact) mass is 373 g/mol. The van der Waals surface area contributed by atoms with Crippen molar-refractivity contribution in [2.24, 2.45) is 0 Å². The molecule has 0 unspecified atom stereocenters. The van der Waals surface area contributed by atoms with Gasteiger partial charge in [-0.25, -0.2) is 9.78 Å². The van der Waals surface area contributed by atoms with Crippen molar-refractivity contribution in [1.29, 1.82) is 0 Å². The van der Waals surface area contributed by atoms with E-state index in [1.807, 2.05) is 49.4 Å². The number of esters is 1. The molecule has 0 atom stereocenters. The number of rotatable bonds is 4. The van der Waals surface area contributed by atoms with Crippen LogP contribution in [0.15, 0.2) is 63.8 Å². The summed E-state index contributed by atoms with van der Waals surface area (Å²) in [5.41, 5.74) is 3.19. The standard InChI is InChI=1S/C23H19NO4/c1-3-14-10-11-18-16(12-14)22(25)21-19(28-18)13-17(23(26)27-4-2)20(24-21)15-8-6-5-7-9-15/h5-13H,3-4H2,1-2H3. The number of pyridine rings is 1. The van der Waals surface area contributed by atoms with Gasteiger partial charge in [-0.15, -0.1) is 0 Å². The van der Waals surface area contributed by atoms with E-state index in [1.54, 1.807) is 19.1 Å². The molecule has 2 aromatic carbocycles. The van der Waals surface area contributed by atoms with Crippen molar-refractivity contribution < 1.29 is 13.9 Å². The van der Waals surface area contributed by atoms with Crippen molar-refractivity contribution in [1.82, 2.24) is 4.98 Å². The average Bonchev–Trinajstić information content (AvgIpc) is 2.74. The van der Waals surface area contributed by atoms with E-state index in [1.165, 1.54) is 0 Å². The van der Waals surface area contributed by atoms with Crippen LogP contribution in [0, 0.1) is 0 Å². The Balaban J connectivity index is 2.06. The lowest BCUT2D eigenvalue weighted by Gasteiger charge is -2.10. The molecule has 0 fully saturated rings. The maximum Gasteiger partial charge on any atom is 0.340 e. The number of carbonyl (C=O) groups excluding carboxylic acids is 1. The first-order valence-electron chi connectivity index (χ1n) is 9.25. The van der Waals surface area contributed by atoms with Gasteiger partial charge in [0.25, 0.3) is 0 Å². The van der Waals surface area contributed by atoms with Crippen molar-refractivity contribution >= 4 is 28.0 Å². The van der Waals surface area contributed by atoms with Gasteiger partial charge in [-0.05, 0) is 37.1 Å². The molecule has 0 radical (unpaired) electrons. The number of ether oxygens (including phenoxy) is 1. The van der Waals surface area contributed by atoms with Crippen LogP contribution in [0.4, 0.5) is 0 Å². The zero-order valence-electron chi connectivity index (χ0n) is 15.7. The Bertz CT molecular complexity index is 1240. The van der Waals surface area contributed by atoms with Gasteiger partial charge in [0.2, 0.25) is 5.43 Å². The number of benzene rings is 2. The molecule has 0 aliphatic heterocycles. The average molecular weight is 373 g/mol. The van der Waals surface area contributed by atoms with E-state index in [4.69, 9.17) is 9.15 Å². The lowest BCUT2D eigenvalue weighted by molar-refractivity contribution is 0.0527. The summed E-state index contributed by atoms with van der Waals surface area (Å²) in [4.78, 5) is 30.2. The van der Waals surface area contributed by atoms with Gasteiger partial charge < -0.3 is 9.15 Å². The molecule has 4 aromatic rings. The molecule has 2 heterocycles. The van der Waals surface area contributed by atoms with Gasteiger partial charge in [0.1, 0.15) is 5.58 Å². The molecule has 140 valence electrons. The summed E-state index contributed by atoms with van der Waals surface area (Å²) >= 11 is 0. The Kier molecular flexibility index (Phi) is 4.65. The van der Waals surface area contributed by atoms with E-state index >= 15 is 0 Å². The van der Waals surface area contributed by atoms with Crippen LogP contribution < -0.4 is 5.43 Å². The summed E-state index contributed by atoms with van der Waals surface area (Å²) in [5, 5.41) is 0.488. The van der Waals surface area contributed by atoms with Crippen LogP contribution in [0.1, 0.15) is 29.8 Å². The van der Waals surface area contributed by atoms with Crippen LogP contribution in [0.5, 0.6) is 0 Å². The molecule has 0 bridgehead atoms. The number of fused-ring (bicyclic) bond motifs is 2. The minimum atomic E-state index is -0.500. The Labute approximate surface area is 161 Å². The fraction of sp³-hybridized carbons (Fsp3) is 0.174. The van der Waals surface area contributed by atoms with Crippen LogP contribution in [0.25, 0.3) is 33.3 Å². The zero-order chi connectivity index (χ0) is 19.7. The van der Waals surface area contributed by atoms with E-state index in [2.05, 4.69) is 4.98 Å². The maximum atomic E-state index is 13.1. The summed E-state index contributed by atoms with van der Waals surface area (Å²) in [5.74, 6) is -0.500. The van der Waals surface area contributed by atoms with Crippen LogP contribution in [-0.4, -0.2) is 17.6 Å². The van der Waals surface area contributed by atoms with Gasteiger partial charge >= 0.3 is 5.97 Å². The lowest BCUT2D eigenvalue weighted by Crippen LogP contribution is -2.11. The van der Waals surface area contributed by atoms with E-state index in [0.29, 0.717) is 16.7 Å². The highest BCUT2D eigenvalue weighted by atomic mass is 16.5. The summed E-state index contributed by atoms with van der Waals surface area (Å²) in [6, 6.07) is 16.4. The molecule has 4 rings (SSSR count). The van der Waals surface area contributed by atoms with Gasteiger partial charge in [0.05, 0.1) is 23.3 Å². The van der Waals surface area contributed by atoms with Gasteiger partial charge in [0.15, 0.2) is 11.1 Å². The van der Waals surface area contributed by atoms with Crippen molar-refractivity contribution in [3.63, 3.8) is 0 Å². The highest BCUT2D eigenvalue weighted by Gasteiger charge is 2.20. The lowest BCUT2D eigenvalue weighted by atomic mass is 10.0. The second kappa shape index (κ2) is 7.27. The van der Waals surface area contributed by atoms with Gasteiger partial charge in [-0.1, -0.05) is 43.3 Å². The van der Waals surface area contributed by atoms with Crippen LogP contribution in [0.3, 0.4) is 0 Å². The third-order valence-corrected chi connectivity index (χ3v) is 4.66. The fourth-order valence-corrected chi connectivity index (χ4v) is 3.23. The Morgan fingerprint density at radius 3 is 2.54 bits per heavy atom. The summed E-state index contributed by atoms with van der Waals surface area (Å²) < 4.78 is 11.1. The molecule has 0 N–H and O–H groups in total. The van der Waals surface area contributed by atoms with E-state index in [9.17, 15) is 9.59 Å². The molecule has 0 spiro atoms. The van der Waals surface area contributed by atoms with E-state index < -0.39 is 5.97 Å². The van der Waals surface area contributed by atoms with Crippen molar-refractivity contribution in [3.05, 3.63) is 75.9 Å². The van der Waals surface area contributed by atoms with E-state index in [0.717, 1.165) is 17.5 Å². The second-order valence-corrected chi connectivity index (χ2v) is 6.43. The summed E-state index contributed by atoms with van der Waals surface area (Å²) in [6.07, 6.45) is 0.817. The molecule has 0 aliphatic rings. The van der Waals surface area contributed by atoms with Crippen LogP contribution in [0.2, 0.25) is 0 Å². The zero-order valence-corrected chi connectivity index (χ0v) is 15.7. The van der Waals surface area contributed by atoms with Crippen molar-refractivity contribution in [2.45, 2.75) is 20.3 Å². The van der Waals surface area contributed by atoms with Crippen LogP contribution >= 0.6 is 0 Å². The predicted octanol–water partition coefficient (Wildman–Crippen LogP) is 4.75. The normalized spacial score (nSPS) is 11.1. The fourth-order valence-electron chi connectivity index (χ4n) is 3.23. The Morgan fingerprint density at radius 2 is 1.82 bits per heavy atom. The number of carbonyl (C=O) groups is 1. The molecular weight excluding hydrogens is 354 g/mol. The second-order valence-electron chi connectivity index (χ2n) is 6.43. The first-order valence-corrected chi connectivity index (χ1v) is 9.25. The smallest absolute Gasteiger partial charge is 0.340 e. The van der Waals surface area contributed by atoms with Crippen molar-refractivity contribution in [2.75, 3.05) is 6.61 Å². The molecule has 28 heavy (non-hydrogen) atoms. The SMILES string of the molecule is CCOC(=O)c1cc2oc3ccc(CC)cc3c(=O)c2nc1-c1ccccc1. The number of hydrogen-bond donors (Lipinski definition) is 0. The first-order chi connectivity index (χ1) is 13.6. The number of aromatic nitrogens is 1. The molecule has 0 saturated heterocycles. The highest BCUT2D eigenvalue weighted by Crippen LogP contribution is 2.27. The first kappa shape index (κ1) is 17.9. The third-order valence-electron chi connectivity index (χ3n) is 4.66. The molecule has 0 aliphatic carbocycles. The number of aryl methyl sites for hydroxylation is 1. The van der Waals surface area contributed by atoms with E-state index in [-0.39, 0.29) is 28.7 Å². The molecule has 2 aromatic heterocycles. The minimum absolute atomic E-state index is 0.202. The Morgan fingerprint density at radius 1 is 1.04 bits per heavy atom. The maximum absolute atomic E-state index is 13.1.